The Bertz CT molecular complexity index is 1520. The number of aliphatic hydroxyl groups is 2. The van der Waals surface area contributed by atoms with Gasteiger partial charge < -0.3 is 19.7 Å². The summed E-state index contributed by atoms with van der Waals surface area (Å²) in [6.45, 7) is 0.432. The van der Waals surface area contributed by atoms with Crippen molar-refractivity contribution in [2.24, 2.45) is 10.1 Å². The van der Waals surface area contributed by atoms with Crippen molar-refractivity contribution in [2.45, 2.75) is 62.3 Å². The highest BCUT2D eigenvalue weighted by Crippen LogP contribution is 2.45. The minimum absolute atomic E-state index is 0.000866. The van der Waals surface area contributed by atoms with Crippen LogP contribution in [-0.2, 0) is 16.0 Å². The minimum Gasteiger partial charge on any atom is -0.494 e. The van der Waals surface area contributed by atoms with E-state index in [1.807, 2.05) is 48.5 Å². The van der Waals surface area contributed by atoms with E-state index in [0.29, 0.717) is 48.4 Å². The van der Waals surface area contributed by atoms with Crippen LogP contribution in [0.5, 0.6) is 5.75 Å². The highest BCUT2D eigenvalue weighted by molar-refractivity contribution is 9.10. The molecular weight excluding hydrogens is 628 g/mol. The van der Waals surface area contributed by atoms with Crippen molar-refractivity contribution in [3.63, 3.8) is 0 Å². The second-order valence-electron chi connectivity index (χ2n) is 10.9. The maximum Gasteiger partial charge on any atom is 0.266 e. The predicted octanol–water partition coefficient (Wildman–Crippen LogP) is 5.58. The molecule has 0 saturated heterocycles. The average Bonchev–Trinajstić information content (AvgIpc) is 3.42. The van der Waals surface area contributed by atoms with Gasteiger partial charge in [0.05, 0.1) is 12.7 Å². The molecule has 0 spiro atoms. The van der Waals surface area contributed by atoms with E-state index < -0.39 is 17.6 Å². The Morgan fingerprint density at radius 2 is 1.82 bits per heavy atom. The number of amides is 1. The van der Waals surface area contributed by atoms with Crippen molar-refractivity contribution < 1.29 is 24.5 Å². The molecule has 5 rings (SSSR count). The van der Waals surface area contributed by atoms with Gasteiger partial charge in [-0.1, -0.05) is 63.5 Å². The molecule has 0 bridgehead atoms. The van der Waals surface area contributed by atoms with Crippen LogP contribution < -0.4 is 15.6 Å². The normalized spacial score (nSPS) is 22.8. The van der Waals surface area contributed by atoms with Crippen LogP contribution in [0, 0.1) is 0 Å². The number of carbonyl (C=O) groups is 1. The van der Waals surface area contributed by atoms with E-state index in [-0.39, 0.29) is 31.1 Å². The van der Waals surface area contributed by atoms with Gasteiger partial charge in [-0.2, -0.15) is 0 Å². The Labute approximate surface area is 264 Å². The maximum absolute atomic E-state index is 14.5. The van der Waals surface area contributed by atoms with Crippen molar-refractivity contribution in [3.8, 4) is 5.75 Å². The van der Waals surface area contributed by atoms with Crippen LogP contribution in [0.2, 0.25) is 0 Å². The molecule has 12 heteroatoms. The summed E-state index contributed by atoms with van der Waals surface area (Å²) in [7, 11) is 0. The van der Waals surface area contributed by atoms with Gasteiger partial charge in [-0.25, -0.2) is 10.4 Å². The van der Waals surface area contributed by atoms with Crippen LogP contribution in [0.4, 0.5) is 5.69 Å². The van der Waals surface area contributed by atoms with Crippen molar-refractivity contribution in [1.82, 2.24) is 10.9 Å². The molecule has 2 atom stereocenters. The molecule has 0 radical (unpaired) electrons. The monoisotopic (exact) mass is 662 g/mol. The topological polar surface area (TPSA) is 161 Å². The molecule has 11 nitrogen and oxygen atoms in total. The predicted molar refractivity (Wildman–Crippen MR) is 169 cm³/mol. The highest BCUT2D eigenvalue weighted by Gasteiger charge is 2.54. The lowest BCUT2D eigenvalue weighted by atomic mass is 9.81. The first-order valence-electron chi connectivity index (χ1n) is 14.7. The summed E-state index contributed by atoms with van der Waals surface area (Å²) >= 11 is 3.65. The summed E-state index contributed by atoms with van der Waals surface area (Å²) in [5.74, 6) is 0.515. The van der Waals surface area contributed by atoms with Gasteiger partial charge in [-0.15, -0.1) is 0 Å². The van der Waals surface area contributed by atoms with Gasteiger partial charge in [0, 0.05) is 51.7 Å². The molecule has 3 aromatic carbocycles. The van der Waals surface area contributed by atoms with Gasteiger partial charge in [0.25, 0.3) is 5.91 Å². The van der Waals surface area contributed by atoms with Crippen molar-refractivity contribution in [3.05, 3.63) is 104 Å². The fourth-order valence-corrected chi connectivity index (χ4v) is 6.03. The van der Waals surface area contributed by atoms with E-state index in [1.54, 1.807) is 24.3 Å². The quantitative estimate of drug-likeness (QED) is 0.0651. The van der Waals surface area contributed by atoms with Crippen molar-refractivity contribution >= 4 is 33.4 Å². The number of benzene rings is 3. The van der Waals surface area contributed by atoms with E-state index in [1.165, 1.54) is 0 Å². The van der Waals surface area contributed by atoms with Gasteiger partial charge in [0.15, 0.2) is 11.6 Å². The van der Waals surface area contributed by atoms with Crippen molar-refractivity contribution in [2.75, 3.05) is 13.2 Å². The van der Waals surface area contributed by atoms with Gasteiger partial charge in [-0.05, 0) is 67.1 Å². The Kier molecular flexibility index (Phi) is 10.5. The number of azide groups is 1. The van der Waals surface area contributed by atoms with Crippen LogP contribution in [0.25, 0.3) is 10.4 Å². The van der Waals surface area contributed by atoms with E-state index in [0.717, 1.165) is 22.9 Å². The number of hydrogen-bond acceptors (Lipinski definition) is 8. The third-order valence-electron chi connectivity index (χ3n) is 7.91. The molecule has 1 heterocycles. The first kappa shape index (κ1) is 31.5. The van der Waals surface area contributed by atoms with Gasteiger partial charge >= 0.3 is 0 Å². The number of halogens is 1. The average molecular weight is 664 g/mol. The molecule has 0 unspecified atom stereocenters. The smallest absolute Gasteiger partial charge is 0.266 e. The summed E-state index contributed by atoms with van der Waals surface area (Å²) in [5.41, 5.74) is 16.3. The summed E-state index contributed by atoms with van der Waals surface area (Å²) in [5, 5.41) is 22.9. The minimum atomic E-state index is -1.50. The molecule has 2 aliphatic rings. The van der Waals surface area contributed by atoms with E-state index in [2.05, 4.69) is 36.8 Å². The van der Waals surface area contributed by atoms with Gasteiger partial charge in [-0.3, -0.25) is 10.2 Å². The molecule has 1 fully saturated rings. The third kappa shape index (κ3) is 7.23. The molecule has 1 aliphatic heterocycles. The lowest BCUT2D eigenvalue weighted by molar-refractivity contribution is -0.130. The second-order valence-corrected chi connectivity index (χ2v) is 11.8. The van der Waals surface area contributed by atoms with Crippen molar-refractivity contribution in [1.29, 1.82) is 0 Å². The molecular formula is C32H35BrN6O5. The van der Waals surface area contributed by atoms with Gasteiger partial charge in [0.2, 0.25) is 5.90 Å². The first-order valence-corrected chi connectivity index (χ1v) is 15.4. The molecule has 0 aromatic heterocycles. The number of hydrazine groups is 1. The van der Waals surface area contributed by atoms with Crippen LogP contribution in [0.1, 0.15) is 54.9 Å². The van der Waals surface area contributed by atoms with Crippen LogP contribution >= 0.6 is 15.9 Å². The standard InChI is InChI=1S/C32H35BrN6O5/c33-27-8-3-2-7-26(27)29-32(20-22-6-1-4-9-28(22)37-39-34,31(42)38-36-23-12-14-24(41)15-13-23)35-30(44-29)21-10-16-25(17-11-21)43-19-5-18-40/h1-4,6-11,16-17,23-24,29,36,40-41H,5,12-15,18-20H2,(H,38,42)/t23?,24?,29-,32-/m0/s1. The zero-order valence-corrected chi connectivity index (χ0v) is 25.7. The summed E-state index contributed by atoms with van der Waals surface area (Å²) < 4.78 is 13.0. The number of rotatable bonds is 12. The number of carbonyl (C=O) groups excluding carboxylic acids is 1. The number of nitrogens with one attached hydrogen (secondary N) is 2. The SMILES string of the molecule is [N-]=[N+]=Nc1ccccc1C[C@]1(C(=O)NNC2CCC(O)CC2)N=C(c2ccc(OCCCO)cc2)O[C@H]1c1ccccc1Br. The number of nitrogens with zero attached hydrogens (tertiary/aromatic N) is 4. The fraction of sp³-hybridized carbons (Fsp3) is 0.375. The lowest BCUT2D eigenvalue weighted by Gasteiger charge is -2.33. The zero-order valence-electron chi connectivity index (χ0n) is 24.1. The lowest BCUT2D eigenvalue weighted by Crippen LogP contribution is -2.56. The molecule has 1 saturated carbocycles. The molecule has 4 N–H and O–H groups in total. The summed E-state index contributed by atoms with van der Waals surface area (Å²) in [4.78, 5) is 22.5. The van der Waals surface area contributed by atoms with E-state index in [9.17, 15) is 15.4 Å². The number of aliphatic hydroxyl groups excluding tert-OH is 2. The molecule has 230 valence electrons. The summed E-state index contributed by atoms with van der Waals surface area (Å²) in [6.07, 6.45) is 2.19. The molecule has 1 aliphatic carbocycles. The van der Waals surface area contributed by atoms with Crippen LogP contribution in [0.15, 0.2) is 87.4 Å². The molecule has 3 aromatic rings. The summed E-state index contributed by atoms with van der Waals surface area (Å²) in [6, 6.07) is 21.9. The maximum atomic E-state index is 14.5. The zero-order chi connectivity index (χ0) is 30.9. The first-order chi connectivity index (χ1) is 21.4. The second kappa shape index (κ2) is 14.7. The van der Waals surface area contributed by atoms with Crippen LogP contribution in [-0.4, -0.2) is 52.9 Å². The Hall–Kier alpha value is -3.93. The Morgan fingerprint density at radius 1 is 1.09 bits per heavy atom. The highest BCUT2D eigenvalue weighted by atomic mass is 79.9. The number of hydrogen-bond donors (Lipinski definition) is 4. The Balaban J connectivity index is 1.56. The number of ether oxygens (including phenoxy) is 2. The van der Waals surface area contributed by atoms with Crippen LogP contribution in [0.3, 0.4) is 0 Å². The Morgan fingerprint density at radius 3 is 2.55 bits per heavy atom. The third-order valence-corrected chi connectivity index (χ3v) is 8.63. The number of aliphatic imine (C=N–C) groups is 1. The fourth-order valence-electron chi connectivity index (χ4n) is 5.54. The molecule has 1 amide bonds. The van der Waals surface area contributed by atoms with Gasteiger partial charge in [0.1, 0.15) is 5.75 Å². The van der Waals surface area contributed by atoms with E-state index >= 15 is 0 Å². The molecule has 44 heavy (non-hydrogen) atoms. The van der Waals surface area contributed by atoms with E-state index in [4.69, 9.17) is 19.6 Å². The largest absolute Gasteiger partial charge is 0.494 e.